The molecule has 0 aromatic carbocycles. The Kier molecular flexibility index (Phi) is 2.94. The molecule has 0 aliphatic carbocycles. The second-order valence-corrected chi connectivity index (χ2v) is 6.04. The molecule has 1 aromatic rings. The number of Topliss-reactive ketones (excluding diaryl/α,β-unsaturated/α-hetero) is 1. The Morgan fingerprint density at radius 1 is 1.56 bits per heavy atom. The molecule has 5 heteroatoms. The van der Waals surface area contributed by atoms with Gasteiger partial charge < -0.3 is 5.32 Å². The lowest BCUT2D eigenvalue weighted by molar-refractivity contribution is 0.0888. The summed E-state index contributed by atoms with van der Waals surface area (Å²) in [5.74, 6) is 0.237. The van der Waals surface area contributed by atoms with E-state index >= 15 is 0 Å². The molecule has 3 atom stereocenters. The summed E-state index contributed by atoms with van der Waals surface area (Å²) in [5.41, 5.74) is 0.589. The topological polar surface area (TPSA) is 46.9 Å². The van der Waals surface area contributed by atoms with Crippen molar-refractivity contribution in [3.05, 3.63) is 16.9 Å². The number of hydrogen-bond donors (Lipinski definition) is 1. The minimum atomic E-state index is 0.0791. The molecule has 3 unspecified atom stereocenters. The number of ketones is 1. The molecule has 2 fully saturated rings. The highest BCUT2D eigenvalue weighted by molar-refractivity contribution is 6.33. The summed E-state index contributed by atoms with van der Waals surface area (Å²) in [6.45, 7) is 4.03. The van der Waals surface area contributed by atoms with E-state index in [-0.39, 0.29) is 17.7 Å². The van der Waals surface area contributed by atoms with Gasteiger partial charge in [-0.25, -0.2) is 0 Å². The molecule has 0 radical (unpaired) electrons. The number of aromatic nitrogens is 2. The fourth-order valence-electron chi connectivity index (χ4n) is 3.25. The summed E-state index contributed by atoms with van der Waals surface area (Å²) in [4.78, 5) is 12.7. The van der Waals surface area contributed by atoms with Gasteiger partial charge in [0.05, 0.1) is 11.2 Å². The first-order valence-electron chi connectivity index (χ1n) is 6.61. The van der Waals surface area contributed by atoms with Crippen LogP contribution < -0.4 is 5.32 Å². The molecule has 3 rings (SSSR count). The van der Waals surface area contributed by atoms with E-state index in [2.05, 4.69) is 10.4 Å². The molecule has 0 saturated carbocycles. The van der Waals surface area contributed by atoms with Crippen LogP contribution in [0.4, 0.5) is 0 Å². The van der Waals surface area contributed by atoms with Gasteiger partial charge >= 0.3 is 0 Å². The van der Waals surface area contributed by atoms with Crippen molar-refractivity contribution >= 4 is 17.4 Å². The van der Waals surface area contributed by atoms with E-state index in [1.165, 1.54) is 6.42 Å². The maximum absolute atomic E-state index is 12.7. The monoisotopic (exact) mass is 267 g/mol. The summed E-state index contributed by atoms with van der Waals surface area (Å²) in [6.07, 6.45) is 4.83. The number of halogens is 1. The number of hydrogen-bond acceptors (Lipinski definition) is 3. The molecule has 4 nitrogen and oxygen atoms in total. The van der Waals surface area contributed by atoms with Crippen LogP contribution in [0.2, 0.25) is 5.02 Å². The third-order valence-corrected chi connectivity index (χ3v) is 4.39. The summed E-state index contributed by atoms with van der Waals surface area (Å²) >= 11 is 6.14. The van der Waals surface area contributed by atoms with Gasteiger partial charge in [-0.1, -0.05) is 11.6 Å². The van der Waals surface area contributed by atoms with Crippen molar-refractivity contribution in [2.75, 3.05) is 0 Å². The molecular weight excluding hydrogens is 250 g/mol. The first kappa shape index (κ1) is 12.2. The van der Waals surface area contributed by atoms with E-state index in [9.17, 15) is 4.79 Å². The lowest BCUT2D eigenvalue weighted by atomic mass is 9.85. The fraction of sp³-hybridized carbons (Fsp3) is 0.692. The SMILES string of the molecule is CC(C)n1ncc(Cl)c1C(=O)C1CC2CCC1N2. The fourth-order valence-corrected chi connectivity index (χ4v) is 3.48. The zero-order chi connectivity index (χ0) is 12.9. The number of rotatable bonds is 3. The minimum Gasteiger partial charge on any atom is -0.310 e. The van der Waals surface area contributed by atoms with Crippen LogP contribution in [0.15, 0.2) is 6.20 Å². The van der Waals surface area contributed by atoms with E-state index in [1.54, 1.807) is 10.9 Å². The average molecular weight is 268 g/mol. The Balaban J connectivity index is 1.91. The average Bonchev–Trinajstić information content (AvgIpc) is 3.01. The number of fused-ring (bicyclic) bond motifs is 2. The third-order valence-electron chi connectivity index (χ3n) is 4.11. The lowest BCUT2D eigenvalue weighted by Crippen LogP contribution is -2.30. The predicted octanol–water partition coefficient (Wildman–Crippen LogP) is 2.44. The van der Waals surface area contributed by atoms with Gasteiger partial charge in [-0.2, -0.15) is 5.10 Å². The Morgan fingerprint density at radius 2 is 2.33 bits per heavy atom. The Bertz CT molecular complexity index is 483. The van der Waals surface area contributed by atoms with Crippen molar-refractivity contribution < 1.29 is 4.79 Å². The van der Waals surface area contributed by atoms with Crippen molar-refractivity contribution in [3.8, 4) is 0 Å². The van der Waals surface area contributed by atoms with Crippen molar-refractivity contribution in [2.45, 2.75) is 51.2 Å². The van der Waals surface area contributed by atoms with Crippen molar-refractivity contribution in [3.63, 3.8) is 0 Å². The van der Waals surface area contributed by atoms with Crippen LogP contribution in [0, 0.1) is 5.92 Å². The summed E-state index contributed by atoms with van der Waals surface area (Å²) in [7, 11) is 0. The molecule has 0 spiro atoms. The van der Waals surface area contributed by atoms with Crippen molar-refractivity contribution in [1.29, 1.82) is 0 Å². The molecule has 1 aromatic heterocycles. The molecule has 2 saturated heterocycles. The molecule has 2 aliphatic rings. The van der Waals surface area contributed by atoms with Gasteiger partial charge in [0.15, 0.2) is 5.78 Å². The molecule has 98 valence electrons. The zero-order valence-electron chi connectivity index (χ0n) is 10.7. The van der Waals surface area contributed by atoms with Crippen LogP contribution >= 0.6 is 11.6 Å². The molecule has 18 heavy (non-hydrogen) atoms. The number of carbonyl (C=O) groups excluding carboxylic acids is 1. The van der Waals surface area contributed by atoms with Gasteiger partial charge in [0.2, 0.25) is 0 Å². The first-order chi connectivity index (χ1) is 8.58. The van der Waals surface area contributed by atoms with Gasteiger partial charge in [0, 0.05) is 24.0 Å². The van der Waals surface area contributed by atoms with Crippen molar-refractivity contribution in [1.82, 2.24) is 15.1 Å². The Hall–Kier alpha value is -0.870. The van der Waals surface area contributed by atoms with Crippen LogP contribution in [0.5, 0.6) is 0 Å². The van der Waals surface area contributed by atoms with Gasteiger partial charge in [-0.15, -0.1) is 0 Å². The van der Waals surface area contributed by atoms with Crippen LogP contribution in [-0.2, 0) is 0 Å². The highest BCUT2D eigenvalue weighted by Crippen LogP contribution is 2.36. The Labute approximate surface area is 112 Å². The second kappa shape index (κ2) is 4.35. The predicted molar refractivity (Wildman–Crippen MR) is 70.0 cm³/mol. The van der Waals surface area contributed by atoms with E-state index in [0.717, 1.165) is 12.8 Å². The van der Waals surface area contributed by atoms with Gasteiger partial charge in [0.1, 0.15) is 5.69 Å². The number of nitrogens with one attached hydrogen (secondary N) is 1. The zero-order valence-corrected chi connectivity index (χ0v) is 11.4. The number of nitrogens with zero attached hydrogens (tertiary/aromatic N) is 2. The van der Waals surface area contributed by atoms with Crippen LogP contribution in [0.1, 0.15) is 49.6 Å². The van der Waals surface area contributed by atoms with E-state index in [1.807, 2.05) is 13.8 Å². The van der Waals surface area contributed by atoms with Crippen molar-refractivity contribution in [2.24, 2.45) is 5.92 Å². The van der Waals surface area contributed by atoms with E-state index in [4.69, 9.17) is 11.6 Å². The van der Waals surface area contributed by atoms with Crippen LogP contribution in [0.25, 0.3) is 0 Å². The Morgan fingerprint density at radius 3 is 2.89 bits per heavy atom. The van der Waals surface area contributed by atoms with E-state index < -0.39 is 0 Å². The highest BCUT2D eigenvalue weighted by atomic mass is 35.5. The van der Waals surface area contributed by atoms with Gasteiger partial charge in [0.25, 0.3) is 0 Å². The maximum atomic E-state index is 12.7. The number of carbonyl (C=O) groups is 1. The largest absolute Gasteiger partial charge is 0.310 e. The van der Waals surface area contributed by atoms with E-state index in [0.29, 0.717) is 22.8 Å². The normalized spacial score (nSPS) is 30.3. The van der Waals surface area contributed by atoms with Gasteiger partial charge in [-0.3, -0.25) is 9.48 Å². The smallest absolute Gasteiger partial charge is 0.187 e. The first-order valence-corrected chi connectivity index (χ1v) is 6.99. The van der Waals surface area contributed by atoms with Crippen LogP contribution in [0.3, 0.4) is 0 Å². The maximum Gasteiger partial charge on any atom is 0.187 e. The summed E-state index contributed by atoms with van der Waals surface area (Å²) < 4.78 is 1.75. The summed E-state index contributed by atoms with van der Waals surface area (Å²) in [6, 6.07) is 1.02. The third kappa shape index (κ3) is 1.79. The molecular formula is C13H18ClN3O. The molecule has 3 heterocycles. The lowest BCUT2D eigenvalue weighted by Gasteiger charge is -2.20. The standard InChI is InChI=1S/C13H18ClN3O/c1-7(2)17-12(10(14)6-15-17)13(18)9-5-8-3-4-11(9)16-8/h6-9,11,16H,3-5H2,1-2H3. The second-order valence-electron chi connectivity index (χ2n) is 5.63. The highest BCUT2D eigenvalue weighted by Gasteiger charge is 2.44. The minimum absolute atomic E-state index is 0.0791. The molecule has 2 aliphatic heterocycles. The van der Waals surface area contributed by atoms with Gasteiger partial charge in [-0.05, 0) is 33.1 Å². The van der Waals surface area contributed by atoms with Crippen LogP contribution in [-0.4, -0.2) is 27.6 Å². The quantitative estimate of drug-likeness (QED) is 0.856. The summed E-state index contributed by atoms with van der Waals surface area (Å²) in [5, 5.41) is 8.19. The molecule has 2 bridgehead atoms. The molecule has 1 N–H and O–H groups in total. The molecule has 0 amide bonds.